The second-order valence-electron chi connectivity index (χ2n) is 9.90. The molecule has 208 valence electrons. The molecule has 2 aromatic carbocycles. The molecule has 2 amide bonds. The van der Waals surface area contributed by atoms with Crippen molar-refractivity contribution in [1.82, 2.24) is 10.6 Å². The third-order valence-electron chi connectivity index (χ3n) is 6.60. The quantitative estimate of drug-likeness (QED) is 0.133. The minimum absolute atomic E-state index is 0.169. The van der Waals surface area contributed by atoms with E-state index in [1.165, 1.54) is 77.0 Å². The van der Waals surface area contributed by atoms with Gasteiger partial charge in [0.15, 0.2) is 0 Å². The summed E-state index contributed by atoms with van der Waals surface area (Å²) >= 11 is 12.2. The van der Waals surface area contributed by atoms with Gasteiger partial charge in [-0.05, 0) is 42.3 Å². The Morgan fingerprint density at radius 1 is 0.711 bits per heavy atom. The van der Waals surface area contributed by atoms with E-state index in [-0.39, 0.29) is 17.5 Å². The molecule has 2 N–H and O–H groups in total. The van der Waals surface area contributed by atoms with Gasteiger partial charge in [0.1, 0.15) is 5.70 Å². The smallest absolute Gasteiger partial charge is 0.267 e. The van der Waals surface area contributed by atoms with E-state index in [2.05, 4.69) is 17.6 Å². The lowest BCUT2D eigenvalue weighted by Gasteiger charge is -2.12. The molecule has 0 atom stereocenters. The van der Waals surface area contributed by atoms with Crippen LogP contribution in [-0.4, -0.2) is 18.4 Å². The van der Waals surface area contributed by atoms with Crippen molar-refractivity contribution in [2.75, 3.05) is 6.54 Å². The molecule has 4 nitrogen and oxygen atoms in total. The summed E-state index contributed by atoms with van der Waals surface area (Å²) in [4.78, 5) is 25.7. The van der Waals surface area contributed by atoms with E-state index >= 15 is 0 Å². The standard InChI is InChI=1S/C32H44Cl2N2O2/c1-2-3-4-5-6-7-8-9-10-11-12-13-14-18-23-35-32(38)30(25-26-21-22-28(33)29(34)24-26)36-31(37)27-19-16-15-17-20-27/h15-17,19-22,24-25H,2-14,18,23H2,1H3,(H,35,38)(H,36,37)/b30-25+. The van der Waals surface area contributed by atoms with Crippen molar-refractivity contribution in [3.63, 3.8) is 0 Å². The van der Waals surface area contributed by atoms with Gasteiger partial charge in [0.2, 0.25) is 0 Å². The van der Waals surface area contributed by atoms with Gasteiger partial charge in [-0.1, -0.05) is 138 Å². The molecule has 38 heavy (non-hydrogen) atoms. The monoisotopic (exact) mass is 558 g/mol. The molecule has 0 saturated carbocycles. The molecule has 0 aliphatic carbocycles. The fourth-order valence-electron chi connectivity index (χ4n) is 4.33. The molecule has 0 radical (unpaired) electrons. The molecule has 0 aromatic heterocycles. The molecular weight excluding hydrogens is 515 g/mol. The molecule has 0 saturated heterocycles. The number of carbonyl (C=O) groups excluding carboxylic acids is 2. The van der Waals surface area contributed by atoms with Crippen LogP contribution in [-0.2, 0) is 4.79 Å². The summed E-state index contributed by atoms with van der Waals surface area (Å²) in [5.41, 5.74) is 1.32. The Morgan fingerprint density at radius 2 is 1.26 bits per heavy atom. The zero-order chi connectivity index (χ0) is 27.4. The molecular formula is C32H44Cl2N2O2. The average molecular weight is 560 g/mol. The normalized spacial score (nSPS) is 11.4. The van der Waals surface area contributed by atoms with Crippen LogP contribution in [0, 0.1) is 0 Å². The summed E-state index contributed by atoms with van der Waals surface area (Å²) in [6, 6.07) is 13.9. The number of hydrogen-bond donors (Lipinski definition) is 2. The number of unbranched alkanes of at least 4 members (excludes halogenated alkanes) is 13. The van der Waals surface area contributed by atoms with E-state index < -0.39 is 0 Å². The lowest BCUT2D eigenvalue weighted by Crippen LogP contribution is -2.35. The first-order valence-electron chi connectivity index (χ1n) is 14.3. The largest absolute Gasteiger partial charge is 0.351 e. The molecule has 0 spiro atoms. The lowest BCUT2D eigenvalue weighted by atomic mass is 10.0. The first-order chi connectivity index (χ1) is 18.5. The number of nitrogens with one attached hydrogen (secondary N) is 2. The van der Waals surface area contributed by atoms with Crippen LogP contribution in [0.25, 0.3) is 6.08 Å². The van der Waals surface area contributed by atoms with Gasteiger partial charge in [-0.2, -0.15) is 0 Å². The molecule has 0 unspecified atom stereocenters. The zero-order valence-corrected chi connectivity index (χ0v) is 24.4. The maximum absolute atomic E-state index is 12.9. The molecule has 2 rings (SSSR count). The predicted molar refractivity (Wildman–Crippen MR) is 162 cm³/mol. The van der Waals surface area contributed by atoms with Gasteiger partial charge in [0.25, 0.3) is 11.8 Å². The van der Waals surface area contributed by atoms with Crippen LogP contribution < -0.4 is 10.6 Å². The van der Waals surface area contributed by atoms with Crippen molar-refractivity contribution < 1.29 is 9.59 Å². The Labute approximate surface area is 239 Å². The fourth-order valence-corrected chi connectivity index (χ4v) is 4.63. The van der Waals surface area contributed by atoms with Gasteiger partial charge in [-0.3, -0.25) is 9.59 Å². The third kappa shape index (κ3) is 13.5. The summed E-state index contributed by atoms with van der Waals surface area (Å²) in [6.45, 7) is 2.83. The van der Waals surface area contributed by atoms with Crippen LogP contribution in [0.15, 0.2) is 54.2 Å². The summed E-state index contributed by atoms with van der Waals surface area (Å²) in [5, 5.41) is 6.52. The van der Waals surface area contributed by atoms with Gasteiger partial charge < -0.3 is 10.6 Å². The number of rotatable bonds is 19. The summed E-state index contributed by atoms with van der Waals surface area (Å²) < 4.78 is 0. The number of halogens is 2. The SMILES string of the molecule is CCCCCCCCCCCCCCCCNC(=O)/C(=C\c1ccc(Cl)c(Cl)c1)NC(=O)c1ccccc1. The Balaban J connectivity index is 1.70. The van der Waals surface area contributed by atoms with E-state index in [0.29, 0.717) is 27.7 Å². The third-order valence-corrected chi connectivity index (χ3v) is 7.34. The van der Waals surface area contributed by atoms with Crippen LogP contribution in [0.4, 0.5) is 0 Å². The van der Waals surface area contributed by atoms with Crippen molar-refractivity contribution in [2.45, 2.75) is 96.8 Å². The molecule has 0 bridgehead atoms. The minimum atomic E-state index is -0.344. The number of hydrogen-bond acceptors (Lipinski definition) is 2. The highest BCUT2D eigenvalue weighted by Gasteiger charge is 2.14. The Kier molecular flexibility index (Phi) is 16.6. The van der Waals surface area contributed by atoms with E-state index in [4.69, 9.17) is 23.2 Å². The van der Waals surface area contributed by atoms with Crippen LogP contribution in [0.1, 0.15) is 113 Å². The summed E-state index contributed by atoms with van der Waals surface area (Å²) in [7, 11) is 0. The Morgan fingerprint density at radius 3 is 1.82 bits per heavy atom. The van der Waals surface area contributed by atoms with E-state index in [1.54, 1.807) is 48.5 Å². The van der Waals surface area contributed by atoms with Crippen molar-refractivity contribution in [3.8, 4) is 0 Å². The molecule has 6 heteroatoms. The zero-order valence-electron chi connectivity index (χ0n) is 22.9. The summed E-state index contributed by atoms with van der Waals surface area (Å²) in [6.07, 6.45) is 19.7. The van der Waals surface area contributed by atoms with Crippen molar-refractivity contribution >= 4 is 41.1 Å². The van der Waals surface area contributed by atoms with Gasteiger partial charge >= 0.3 is 0 Å². The van der Waals surface area contributed by atoms with Crippen LogP contribution in [0.3, 0.4) is 0 Å². The fraction of sp³-hybridized carbons (Fsp3) is 0.500. The second kappa shape index (κ2) is 19.7. The number of amides is 2. The van der Waals surface area contributed by atoms with Crippen LogP contribution in [0.2, 0.25) is 10.0 Å². The number of carbonyl (C=O) groups is 2. The highest BCUT2D eigenvalue weighted by Crippen LogP contribution is 2.23. The van der Waals surface area contributed by atoms with Gasteiger partial charge in [0.05, 0.1) is 10.0 Å². The molecule has 0 heterocycles. The lowest BCUT2D eigenvalue weighted by molar-refractivity contribution is -0.117. The van der Waals surface area contributed by atoms with Crippen molar-refractivity contribution in [3.05, 3.63) is 75.4 Å². The highest BCUT2D eigenvalue weighted by atomic mass is 35.5. The second-order valence-corrected chi connectivity index (χ2v) is 10.7. The molecule has 0 aliphatic rings. The Hall–Kier alpha value is -2.30. The van der Waals surface area contributed by atoms with E-state index in [1.807, 2.05) is 6.07 Å². The first-order valence-corrected chi connectivity index (χ1v) is 15.1. The number of benzene rings is 2. The maximum Gasteiger partial charge on any atom is 0.267 e. The molecule has 0 fully saturated rings. The van der Waals surface area contributed by atoms with Gasteiger partial charge in [-0.15, -0.1) is 0 Å². The van der Waals surface area contributed by atoms with Crippen molar-refractivity contribution in [1.29, 1.82) is 0 Å². The Bertz CT molecular complexity index is 992. The highest BCUT2D eigenvalue weighted by molar-refractivity contribution is 6.42. The topological polar surface area (TPSA) is 58.2 Å². The van der Waals surface area contributed by atoms with Crippen molar-refractivity contribution in [2.24, 2.45) is 0 Å². The summed E-state index contributed by atoms with van der Waals surface area (Å²) in [5.74, 6) is -0.668. The van der Waals surface area contributed by atoms with E-state index in [0.717, 1.165) is 12.8 Å². The van der Waals surface area contributed by atoms with Crippen LogP contribution >= 0.6 is 23.2 Å². The molecule has 0 aliphatic heterocycles. The van der Waals surface area contributed by atoms with Gasteiger partial charge in [0, 0.05) is 12.1 Å². The van der Waals surface area contributed by atoms with Crippen LogP contribution in [0.5, 0.6) is 0 Å². The predicted octanol–water partition coefficient (Wildman–Crippen LogP) is 9.36. The van der Waals surface area contributed by atoms with Gasteiger partial charge in [-0.25, -0.2) is 0 Å². The minimum Gasteiger partial charge on any atom is -0.351 e. The molecule has 2 aromatic rings. The first kappa shape index (κ1) is 31.9. The average Bonchev–Trinajstić information content (AvgIpc) is 2.92. The maximum atomic E-state index is 12.9. The van der Waals surface area contributed by atoms with E-state index in [9.17, 15) is 9.59 Å².